The fourth-order valence-electron chi connectivity index (χ4n) is 7.02. The van der Waals surface area contributed by atoms with Gasteiger partial charge in [0.1, 0.15) is 17.8 Å². The summed E-state index contributed by atoms with van der Waals surface area (Å²) in [7, 11) is 0. The summed E-state index contributed by atoms with van der Waals surface area (Å²) >= 11 is 1.58. The maximum absolute atomic E-state index is 14.1. The van der Waals surface area contributed by atoms with Gasteiger partial charge in [-0.25, -0.2) is 4.98 Å². The van der Waals surface area contributed by atoms with Gasteiger partial charge < -0.3 is 31.1 Å². The number of thiazole rings is 1. The first-order valence-electron chi connectivity index (χ1n) is 19.3. The third-order valence-electron chi connectivity index (χ3n) is 10.3. The van der Waals surface area contributed by atoms with E-state index in [0.29, 0.717) is 24.2 Å². The number of rotatable bonds is 14. The zero-order chi connectivity index (χ0) is 40.7. The number of likely N-dealkylation sites (tertiary alicyclic amines) is 1. The van der Waals surface area contributed by atoms with Crippen molar-refractivity contribution in [1.82, 2.24) is 30.7 Å². The summed E-state index contributed by atoms with van der Waals surface area (Å²) in [6.07, 6.45) is 2.53. The fourth-order valence-corrected chi connectivity index (χ4v) is 7.83. The molecule has 2 unspecified atom stereocenters. The van der Waals surface area contributed by atoms with Crippen LogP contribution in [-0.2, 0) is 14.4 Å². The van der Waals surface area contributed by atoms with Crippen LogP contribution in [0.4, 0.5) is 5.69 Å². The standard InChI is InChI=1S/C44H51N7O5S/c1-27(29-13-15-31(16-14-29)40-28(2)46-26-57-40)48-42(55)37-23-34(52)25-51(37)43(56)41(44(3,4)5)49-39(54)12-8-9-21-45-33-19-17-30(18-20-33)32-22-36(50-47-24-32)35-10-6-7-11-38(35)53/h6-7,10-11,13-20,22,24,26-27,34,37,41,45,52-53H,8-9,12,21,23,25H2,1-5H3,(H,48,55)(H,49,54)/t27?,34-,37+,41?/m1/s1. The number of benzene rings is 3. The number of para-hydroxylation sites is 1. The lowest BCUT2D eigenvalue weighted by Gasteiger charge is -2.35. The number of amides is 3. The van der Waals surface area contributed by atoms with Crippen molar-refractivity contribution in [3.05, 3.63) is 102 Å². The number of carbonyl (C=O) groups excluding carboxylic acids is 3. The maximum Gasteiger partial charge on any atom is 0.246 e. The number of anilines is 1. The smallest absolute Gasteiger partial charge is 0.246 e. The van der Waals surface area contributed by atoms with Gasteiger partial charge in [0.25, 0.3) is 0 Å². The van der Waals surface area contributed by atoms with Crippen LogP contribution in [0.2, 0.25) is 0 Å². The molecule has 2 aromatic heterocycles. The highest BCUT2D eigenvalue weighted by molar-refractivity contribution is 7.13. The van der Waals surface area contributed by atoms with Crippen LogP contribution < -0.4 is 16.0 Å². The van der Waals surface area contributed by atoms with Crippen LogP contribution in [0.15, 0.2) is 90.6 Å². The second-order valence-electron chi connectivity index (χ2n) is 15.7. The predicted octanol–water partition coefficient (Wildman–Crippen LogP) is 6.90. The van der Waals surface area contributed by atoms with Gasteiger partial charge in [0.05, 0.1) is 40.1 Å². The van der Waals surface area contributed by atoms with Gasteiger partial charge in [0.15, 0.2) is 0 Å². The molecule has 6 rings (SSSR count). The molecule has 0 aliphatic carbocycles. The summed E-state index contributed by atoms with van der Waals surface area (Å²) in [5.41, 5.74) is 8.10. The lowest BCUT2D eigenvalue weighted by atomic mass is 9.85. The number of nitrogens with zero attached hydrogens (tertiary/aromatic N) is 4. The van der Waals surface area contributed by atoms with E-state index >= 15 is 0 Å². The fraction of sp³-hybridized carbons (Fsp3) is 0.364. The Morgan fingerprint density at radius 2 is 1.67 bits per heavy atom. The van der Waals surface area contributed by atoms with Gasteiger partial charge in [0.2, 0.25) is 17.7 Å². The minimum Gasteiger partial charge on any atom is -0.507 e. The second-order valence-corrected chi connectivity index (χ2v) is 16.5. The molecule has 0 radical (unpaired) electrons. The van der Waals surface area contributed by atoms with E-state index in [9.17, 15) is 24.6 Å². The first kappa shape index (κ1) is 41.0. The molecule has 12 nitrogen and oxygen atoms in total. The Kier molecular flexibility index (Phi) is 13.0. The van der Waals surface area contributed by atoms with Gasteiger partial charge in [0, 0.05) is 42.7 Å². The molecule has 1 saturated heterocycles. The molecule has 5 aromatic rings. The molecule has 1 fully saturated rings. The Balaban J connectivity index is 0.979. The summed E-state index contributed by atoms with van der Waals surface area (Å²) < 4.78 is 0. The zero-order valence-electron chi connectivity index (χ0n) is 33.0. The summed E-state index contributed by atoms with van der Waals surface area (Å²) in [5.74, 6) is -0.823. The van der Waals surface area contributed by atoms with Crippen LogP contribution in [0.3, 0.4) is 0 Å². The van der Waals surface area contributed by atoms with Crippen molar-refractivity contribution in [3.8, 4) is 38.6 Å². The molecule has 0 spiro atoms. The number of β-amino-alcohol motifs (C(OH)–C–C–N with tert-alkyl or cyclic N) is 1. The highest BCUT2D eigenvalue weighted by atomic mass is 32.1. The van der Waals surface area contributed by atoms with E-state index in [-0.39, 0.29) is 48.9 Å². The topological polar surface area (TPSA) is 170 Å². The monoisotopic (exact) mass is 789 g/mol. The number of phenolic OH excluding ortho intramolecular Hbond substituents is 1. The molecule has 3 amide bonds. The van der Waals surface area contributed by atoms with Crippen molar-refractivity contribution in [2.45, 2.75) is 84.5 Å². The number of hydrogen-bond acceptors (Lipinski definition) is 10. The van der Waals surface area contributed by atoms with Crippen LogP contribution in [0.1, 0.15) is 70.7 Å². The van der Waals surface area contributed by atoms with E-state index in [1.165, 1.54) is 4.90 Å². The van der Waals surface area contributed by atoms with E-state index in [1.807, 2.05) is 101 Å². The average Bonchev–Trinajstić information content (AvgIpc) is 3.81. The third-order valence-corrected chi connectivity index (χ3v) is 11.3. The van der Waals surface area contributed by atoms with E-state index in [0.717, 1.165) is 44.9 Å². The molecule has 1 aliphatic heterocycles. The number of phenols is 1. The van der Waals surface area contributed by atoms with E-state index in [1.54, 1.807) is 35.7 Å². The number of hydrogen-bond donors (Lipinski definition) is 5. The van der Waals surface area contributed by atoms with Gasteiger partial charge >= 0.3 is 0 Å². The third kappa shape index (κ3) is 10.2. The summed E-state index contributed by atoms with van der Waals surface area (Å²) in [6.45, 7) is 10.2. The Morgan fingerprint density at radius 3 is 2.35 bits per heavy atom. The van der Waals surface area contributed by atoms with Crippen molar-refractivity contribution in [2.24, 2.45) is 5.41 Å². The van der Waals surface area contributed by atoms with Crippen LogP contribution in [0.5, 0.6) is 5.75 Å². The Labute approximate surface area is 337 Å². The number of aliphatic hydroxyl groups excluding tert-OH is 1. The Bertz CT molecular complexity index is 2170. The largest absolute Gasteiger partial charge is 0.507 e. The van der Waals surface area contributed by atoms with Crippen molar-refractivity contribution < 1.29 is 24.6 Å². The number of carbonyl (C=O) groups is 3. The van der Waals surface area contributed by atoms with Gasteiger partial charge in [-0.05, 0) is 79.1 Å². The highest BCUT2D eigenvalue weighted by Gasteiger charge is 2.44. The molecule has 3 heterocycles. The highest BCUT2D eigenvalue weighted by Crippen LogP contribution is 2.31. The predicted molar refractivity (Wildman–Crippen MR) is 223 cm³/mol. The van der Waals surface area contributed by atoms with Gasteiger partial charge in [-0.15, -0.1) is 11.3 Å². The minimum atomic E-state index is -0.882. The lowest BCUT2D eigenvalue weighted by Crippen LogP contribution is -2.57. The summed E-state index contributed by atoms with van der Waals surface area (Å²) in [5, 5.41) is 38.5. The van der Waals surface area contributed by atoms with Crippen molar-refractivity contribution in [3.63, 3.8) is 0 Å². The first-order chi connectivity index (χ1) is 27.3. The van der Waals surface area contributed by atoms with E-state index < -0.39 is 23.6 Å². The van der Waals surface area contributed by atoms with Gasteiger partial charge in [-0.3, -0.25) is 14.4 Å². The molecule has 4 atom stereocenters. The summed E-state index contributed by atoms with van der Waals surface area (Å²) in [6, 6.07) is 22.8. The van der Waals surface area contributed by atoms with Gasteiger partial charge in [-0.1, -0.05) is 69.3 Å². The van der Waals surface area contributed by atoms with Crippen molar-refractivity contribution in [1.29, 1.82) is 0 Å². The van der Waals surface area contributed by atoms with Crippen molar-refractivity contribution in [2.75, 3.05) is 18.4 Å². The minimum absolute atomic E-state index is 0.0159. The molecule has 3 aromatic carbocycles. The van der Waals surface area contributed by atoms with Crippen LogP contribution >= 0.6 is 11.3 Å². The first-order valence-corrected chi connectivity index (χ1v) is 20.2. The number of nitrogens with one attached hydrogen (secondary N) is 3. The van der Waals surface area contributed by atoms with E-state index in [2.05, 4.69) is 31.1 Å². The molecule has 57 heavy (non-hydrogen) atoms. The average molecular weight is 790 g/mol. The SMILES string of the molecule is Cc1ncsc1-c1ccc(C(C)NC(=O)[C@@H]2C[C@@H](O)CN2C(=O)C(NC(=O)CCCCNc2ccc(-c3cnnc(-c4ccccc4O)c3)cc2)C(C)(C)C)cc1. The molecule has 298 valence electrons. The molecule has 0 bridgehead atoms. The molecule has 5 N–H and O–H groups in total. The Hall–Kier alpha value is -5.66. The molecule has 13 heteroatoms. The maximum atomic E-state index is 14.1. The molecule has 0 saturated carbocycles. The molecular formula is C44H51N7O5S. The molecular weight excluding hydrogens is 739 g/mol. The molecule has 1 aliphatic rings. The van der Waals surface area contributed by atoms with Gasteiger partial charge in [-0.2, -0.15) is 10.2 Å². The van der Waals surface area contributed by atoms with Crippen molar-refractivity contribution >= 4 is 34.7 Å². The van der Waals surface area contributed by atoms with E-state index in [4.69, 9.17) is 0 Å². The summed E-state index contributed by atoms with van der Waals surface area (Å²) in [4.78, 5) is 47.7. The van der Waals surface area contributed by atoms with Crippen LogP contribution in [0, 0.1) is 12.3 Å². The second kappa shape index (κ2) is 18.1. The van der Waals surface area contributed by atoms with Crippen LogP contribution in [0.25, 0.3) is 32.8 Å². The zero-order valence-corrected chi connectivity index (χ0v) is 33.8. The lowest BCUT2D eigenvalue weighted by molar-refractivity contribution is -0.144. The normalized spacial score (nSPS) is 16.5. The number of aryl methyl sites for hydroxylation is 1. The number of unbranched alkanes of at least 4 members (excludes halogenated alkanes) is 1. The number of aromatic hydroxyl groups is 1. The number of aromatic nitrogens is 3. The van der Waals surface area contributed by atoms with Crippen LogP contribution in [-0.4, -0.2) is 79.3 Å². The Morgan fingerprint density at radius 1 is 0.947 bits per heavy atom. The number of aliphatic hydroxyl groups is 1. The quantitative estimate of drug-likeness (QED) is 0.0752.